The summed E-state index contributed by atoms with van der Waals surface area (Å²) in [6.07, 6.45) is 8.70. The SMILES string of the molecule is CCC1CCC(n2ccc(CN)n2)CC1. The molecule has 1 heterocycles. The molecule has 2 N–H and O–H groups in total. The normalized spacial score (nSPS) is 26.8. The van der Waals surface area contributed by atoms with Gasteiger partial charge in [0.25, 0.3) is 0 Å². The molecule has 1 aromatic rings. The van der Waals surface area contributed by atoms with E-state index in [4.69, 9.17) is 5.73 Å². The molecule has 0 aromatic carbocycles. The number of aromatic nitrogens is 2. The van der Waals surface area contributed by atoms with Gasteiger partial charge in [-0.1, -0.05) is 13.3 Å². The van der Waals surface area contributed by atoms with Crippen LogP contribution in [0.25, 0.3) is 0 Å². The van der Waals surface area contributed by atoms with Crippen LogP contribution in [0.3, 0.4) is 0 Å². The maximum absolute atomic E-state index is 5.56. The van der Waals surface area contributed by atoms with Crippen LogP contribution in [0.1, 0.15) is 50.8 Å². The Kier molecular flexibility index (Phi) is 3.41. The Morgan fingerprint density at radius 2 is 2.13 bits per heavy atom. The van der Waals surface area contributed by atoms with Crippen molar-refractivity contribution in [3.8, 4) is 0 Å². The van der Waals surface area contributed by atoms with E-state index in [1.807, 2.05) is 6.07 Å². The summed E-state index contributed by atoms with van der Waals surface area (Å²) >= 11 is 0. The summed E-state index contributed by atoms with van der Waals surface area (Å²) in [6.45, 7) is 2.85. The molecule has 0 spiro atoms. The molecule has 3 nitrogen and oxygen atoms in total. The van der Waals surface area contributed by atoms with Gasteiger partial charge >= 0.3 is 0 Å². The van der Waals surface area contributed by atoms with Crippen molar-refractivity contribution in [1.82, 2.24) is 9.78 Å². The minimum atomic E-state index is 0.553. The van der Waals surface area contributed by atoms with Crippen LogP contribution in [-0.2, 0) is 6.54 Å². The van der Waals surface area contributed by atoms with E-state index < -0.39 is 0 Å². The quantitative estimate of drug-likeness (QED) is 0.827. The number of hydrogen-bond acceptors (Lipinski definition) is 2. The van der Waals surface area contributed by atoms with Crippen LogP contribution < -0.4 is 5.73 Å². The van der Waals surface area contributed by atoms with Crippen LogP contribution in [0.2, 0.25) is 0 Å². The van der Waals surface area contributed by atoms with Crippen molar-refractivity contribution in [1.29, 1.82) is 0 Å². The standard InChI is InChI=1S/C12H21N3/c1-2-10-3-5-12(6-4-10)15-8-7-11(9-13)14-15/h7-8,10,12H,2-6,9,13H2,1H3. The Hall–Kier alpha value is -0.830. The first-order chi connectivity index (χ1) is 7.33. The van der Waals surface area contributed by atoms with E-state index in [-0.39, 0.29) is 0 Å². The second-order valence-electron chi connectivity index (χ2n) is 4.57. The Balaban J connectivity index is 1.95. The van der Waals surface area contributed by atoms with Gasteiger partial charge in [-0.15, -0.1) is 0 Å². The summed E-state index contributed by atoms with van der Waals surface area (Å²) in [6, 6.07) is 2.65. The predicted molar refractivity (Wildman–Crippen MR) is 61.4 cm³/mol. The van der Waals surface area contributed by atoms with E-state index in [0.29, 0.717) is 12.6 Å². The van der Waals surface area contributed by atoms with Crippen LogP contribution in [0.4, 0.5) is 0 Å². The molecule has 0 amide bonds. The number of nitrogens with zero attached hydrogens (tertiary/aromatic N) is 2. The molecule has 0 saturated heterocycles. The predicted octanol–water partition coefficient (Wildman–Crippen LogP) is 2.48. The molecular formula is C12H21N3. The maximum Gasteiger partial charge on any atom is 0.0760 e. The molecule has 15 heavy (non-hydrogen) atoms. The fraction of sp³-hybridized carbons (Fsp3) is 0.750. The third kappa shape index (κ3) is 2.40. The molecule has 1 saturated carbocycles. The van der Waals surface area contributed by atoms with E-state index >= 15 is 0 Å². The number of rotatable bonds is 3. The van der Waals surface area contributed by atoms with Gasteiger partial charge in [0.05, 0.1) is 11.7 Å². The van der Waals surface area contributed by atoms with Crippen molar-refractivity contribution in [2.45, 2.75) is 51.6 Å². The Morgan fingerprint density at radius 3 is 2.67 bits per heavy atom. The topological polar surface area (TPSA) is 43.8 Å². The number of nitrogens with two attached hydrogens (primary N) is 1. The maximum atomic E-state index is 5.56. The zero-order valence-electron chi connectivity index (χ0n) is 9.52. The number of hydrogen-bond donors (Lipinski definition) is 1. The molecule has 1 aliphatic rings. The average Bonchev–Trinajstić information content (AvgIpc) is 2.78. The third-order valence-corrected chi connectivity index (χ3v) is 3.64. The fourth-order valence-corrected chi connectivity index (χ4v) is 2.51. The van der Waals surface area contributed by atoms with Crippen LogP contribution in [0.15, 0.2) is 12.3 Å². The van der Waals surface area contributed by atoms with Gasteiger partial charge in [0.2, 0.25) is 0 Å². The smallest absolute Gasteiger partial charge is 0.0760 e. The average molecular weight is 207 g/mol. The molecule has 1 fully saturated rings. The summed E-state index contributed by atoms with van der Waals surface area (Å²) in [5.41, 5.74) is 6.57. The molecule has 3 heteroatoms. The second-order valence-corrected chi connectivity index (χ2v) is 4.57. The highest BCUT2D eigenvalue weighted by Crippen LogP contribution is 2.33. The molecular weight excluding hydrogens is 186 g/mol. The highest BCUT2D eigenvalue weighted by atomic mass is 15.3. The molecule has 0 radical (unpaired) electrons. The molecule has 0 atom stereocenters. The van der Waals surface area contributed by atoms with Crippen molar-refractivity contribution in [2.75, 3.05) is 0 Å². The van der Waals surface area contributed by atoms with E-state index in [2.05, 4.69) is 22.9 Å². The van der Waals surface area contributed by atoms with E-state index in [1.165, 1.54) is 32.1 Å². The third-order valence-electron chi connectivity index (χ3n) is 3.64. The molecule has 0 bridgehead atoms. The first kappa shape index (κ1) is 10.7. The van der Waals surface area contributed by atoms with Crippen LogP contribution in [0, 0.1) is 5.92 Å². The van der Waals surface area contributed by atoms with Crippen LogP contribution in [-0.4, -0.2) is 9.78 Å². The van der Waals surface area contributed by atoms with Gasteiger partial charge < -0.3 is 5.73 Å². The van der Waals surface area contributed by atoms with E-state index in [0.717, 1.165) is 11.6 Å². The summed E-state index contributed by atoms with van der Waals surface area (Å²) in [5, 5.41) is 4.49. The molecule has 1 aromatic heterocycles. The Labute approximate surface area is 91.7 Å². The van der Waals surface area contributed by atoms with Gasteiger partial charge in [0, 0.05) is 12.7 Å². The lowest BCUT2D eigenvalue weighted by atomic mass is 9.85. The fourth-order valence-electron chi connectivity index (χ4n) is 2.51. The minimum absolute atomic E-state index is 0.553. The largest absolute Gasteiger partial charge is 0.325 e. The Morgan fingerprint density at radius 1 is 1.40 bits per heavy atom. The first-order valence-electron chi connectivity index (χ1n) is 6.07. The molecule has 0 aliphatic heterocycles. The summed E-state index contributed by atoms with van der Waals surface area (Å²) < 4.78 is 2.12. The van der Waals surface area contributed by atoms with Crippen molar-refractivity contribution < 1.29 is 0 Å². The summed E-state index contributed by atoms with van der Waals surface area (Å²) in [5.74, 6) is 0.950. The zero-order valence-corrected chi connectivity index (χ0v) is 9.52. The molecule has 84 valence electrons. The van der Waals surface area contributed by atoms with Crippen molar-refractivity contribution >= 4 is 0 Å². The minimum Gasteiger partial charge on any atom is -0.325 e. The first-order valence-corrected chi connectivity index (χ1v) is 6.07. The lowest BCUT2D eigenvalue weighted by Crippen LogP contribution is -2.18. The van der Waals surface area contributed by atoms with Crippen molar-refractivity contribution in [2.24, 2.45) is 11.7 Å². The molecule has 2 rings (SSSR count). The van der Waals surface area contributed by atoms with Gasteiger partial charge in [-0.05, 0) is 37.7 Å². The second kappa shape index (κ2) is 4.79. The molecule has 0 unspecified atom stereocenters. The van der Waals surface area contributed by atoms with Crippen molar-refractivity contribution in [3.63, 3.8) is 0 Å². The zero-order chi connectivity index (χ0) is 10.7. The van der Waals surface area contributed by atoms with Gasteiger partial charge in [-0.2, -0.15) is 5.10 Å². The van der Waals surface area contributed by atoms with E-state index in [1.54, 1.807) is 0 Å². The van der Waals surface area contributed by atoms with Gasteiger partial charge in [0.1, 0.15) is 0 Å². The lowest BCUT2D eigenvalue weighted by Gasteiger charge is -2.27. The lowest BCUT2D eigenvalue weighted by molar-refractivity contribution is 0.255. The van der Waals surface area contributed by atoms with E-state index in [9.17, 15) is 0 Å². The summed E-state index contributed by atoms with van der Waals surface area (Å²) in [4.78, 5) is 0. The van der Waals surface area contributed by atoms with Crippen molar-refractivity contribution in [3.05, 3.63) is 18.0 Å². The van der Waals surface area contributed by atoms with Gasteiger partial charge in [0.15, 0.2) is 0 Å². The monoisotopic (exact) mass is 207 g/mol. The van der Waals surface area contributed by atoms with Gasteiger partial charge in [-0.25, -0.2) is 0 Å². The highest BCUT2D eigenvalue weighted by molar-refractivity contribution is 4.99. The van der Waals surface area contributed by atoms with Gasteiger partial charge in [-0.3, -0.25) is 4.68 Å². The molecule has 1 aliphatic carbocycles. The highest BCUT2D eigenvalue weighted by Gasteiger charge is 2.21. The van der Waals surface area contributed by atoms with Crippen LogP contribution >= 0.6 is 0 Å². The summed E-state index contributed by atoms with van der Waals surface area (Å²) in [7, 11) is 0. The van der Waals surface area contributed by atoms with Crippen LogP contribution in [0.5, 0.6) is 0 Å². The Bertz CT molecular complexity index is 298.